The largest absolute Gasteiger partial charge is 0.395 e. The minimum absolute atomic E-state index is 0.208. The molecular weight excluding hydrogens is 304 g/mol. The molecule has 1 aliphatic carbocycles. The fourth-order valence-electron chi connectivity index (χ4n) is 2.26. The SMILES string of the molecule is CC(C)NCc1ccc(Br)cc1N(CCO)C1CC1. The van der Waals surface area contributed by atoms with E-state index in [1.165, 1.54) is 24.1 Å². The number of aliphatic hydroxyl groups is 1. The number of hydrogen-bond acceptors (Lipinski definition) is 3. The highest BCUT2D eigenvalue weighted by molar-refractivity contribution is 9.10. The first-order valence-corrected chi connectivity index (χ1v) is 7.80. The highest BCUT2D eigenvalue weighted by Gasteiger charge is 2.30. The van der Waals surface area contributed by atoms with Crippen molar-refractivity contribution in [2.75, 3.05) is 18.1 Å². The van der Waals surface area contributed by atoms with Gasteiger partial charge in [0.05, 0.1) is 6.61 Å². The Morgan fingerprint density at radius 2 is 2.16 bits per heavy atom. The summed E-state index contributed by atoms with van der Waals surface area (Å²) in [5, 5.41) is 12.8. The Balaban J connectivity index is 2.21. The molecule has 0 saturated heterocycles. The molecule has 1 saturated carbocycles. The van der Waals surface area contributed by atoms with Crippen LogP contribution in [0, 0.1) is 0 Å². The van der Waals surface area contributed by atoms with Crippen LogP contribution < -0.4 is 10.2 Å². The maximum Gasteiger partial charge on any atom is 0.0606 e. The van der Waals surface area contributed by atoms with Crippen molar-refractivity contribution >= 4 is 21.6 Å². The van der Waals surface area contributed by atoms with E-state index in [9.17, 15) is 5.11 Å². The molecule has 0 aromatic heterocycles. The number of nitrogens with one attached hydrogen (secondary N) is 1. The molecule has 4 heteroatoms. The van der Waals surface area contributed by atoms with Crippen molar-refractivity contribution in [1.82, 2.24) is 5.32 Å². The maximum atomic E-state index is 9.28. The topological polar surface area (TPSA) is 35.5 Å². The molecular formula is C15H23BrN2O. The van der Waals surface area contributed by atoms with E-state index in [1.54, 1.807) is 0 Å². The lowest BCUT2D eigenvalue weighted by atomic mass is 10.1. The Bertz CT molecular complexity index is 419. The van der Waals surface area contributed by atoms with E-state index in [2.05, 4.69) is 58.2 Å². The third kappa shape index (κ3) is 4.20. The van der Waals surface area contributed by atoms with Crippen LogP contribution in [0.15, 0.2) is 22.7 Å². The first-order chi connectivity index (χ1) is 9.11. The number of halogens is 1. The summed E-state index contributed by atoms with van der Waals surface area (Å²) < 4.78 is 1.10. The van der Waals surface area contributed by atoms with Crippen molar-refractivity contribution < 1.29 is 5.11 Å². The van der Waals surface area contributed by atoms with E-state index in [0.717, 1.165) is 17.6 Å². The summed E-state index contributed by atoms with van der Waals surface area (Å²) in [6, 6.07) is 7.51. The molecule has 0 unspecified atom stereocenters. The Hall–Kier alpha value is -0.580. The number of rotatable bonds is 7. The summed E-state index contributed by atoms with van der Waals surface area (Å²) in [6.45, 7) is 6.11. The van der Waals surface area contributed by atoms with Crippen LogP contribution in [0.2, 0.25) is 0 Å². The second kappa shape index (κ2) is 6.73. The molecule has 0 heterocycles. The Morgan fingerprint density at radius 3 is 2.74 bits per heavy atom. The number of aliphatic hydroxyl groups excluding tert-OH is 1. The lowest BCUT2D eigenvalue weighted by Crippen LogP contribution is -2.31. The third-order valence-electron chi connectivity index (χ3n) is 3.39. The van der Waals surface area contributed by atoms with Crippen molar-refractivity contribution in [3.05, 3.63) is 28.2 Å². The van der Waals surface area contributed by atoms with E-state index in [-0.39, 0.29) is 6.61 Å². The van der Waals surface area contributed by atoms with Gasteiger partial charge < -0.3 is 15.3 Å². The monoisotopic (exact) mass is 326 g/mol. The molecule has 0 radical (unpaired) electrons. The van der Waals surface area contributed by atoms with Crippen LogP contribution in [0.3, 0.4) is 0 Å². The van der Waals surface area contributed by atoms with Crippen LogP contribution in [-0.4, -0.2) is 30.3 Å². The molecule has 0 atom stereocenters. The zero-order valence-corrected chi connectivity index (χ0v) is 13.3. The number of nitrogens with zero attached hydrogens (tertiary/aromatic N) is 1. The fourth-order valence-corrected chi connectivity index (χ4v) is 2.61. The van der Waals surface area contributed by atoms with Crippen LogP contribution in [-0.2, 0) is 6.54 Å². The lowest BCUT2D eigenvalue weighted by molar-refractivity contribution is 0.301. The van der Waals surface area contributed by atoms with E-state index in [0.29, 0.717) is 12.1 Å². The molecule has 0 amide bonds. The van der Waals surface area contributed by atoms with Gasteiger partial charge in [-0.15, -0.1) is 0 Å². The molecule has 1 aromatic carbocycles. The molecule has 106 valence electrons. The van der Waals surface area contributed by atoms with Crippen LogP contribution >= 0.6 is 15.9 Å². The van der Waals surface area contributed by atoms with Gasteiger partial charge in [-0.05, 0) is 30.5 Å². The molecule has 19 heavy (non-hydrogen) atoms. The van der Waals surface area contributed by atoms with E-state index < -0.39 is 0 Å². The molecule has 0 aliphatic heterocycles. The average Bonchev–Trinajstić information content (AvgIpc) is 3.18. The number of hydrogen-bond donors (Lipinski definition) is 2. The first kappa shape index (κ1) is 14.8. The molecule has 2 N–H and O–H groups in total. The van der Waals surface area contributed by atoms with Crippen molar-refractivity contribution in [3.8, 4) is 0 Å². The van der Waals surface area contributed by atoms with E-state index in [1.807, 2.05) is 0 Å². The molecule has 0 spiro atoms. The van der Waals surface area contributed by atoms with Gasteiger partial charge in [-0.25, -0.2) is 0 Å². The predicted octanol–water partition coefficient (Wildman–Crippen LogP) is 2.91. The zero-order valence-electron chi connectivity index (χ0n) is 11.7. The van der Waals surface area contributed by atoms with Gasteiger partial charge in [0.1, 0.15) is 0 Å². The summed E-state index contributed by atoms with van der Waals surface area (Å²) >= 11 is 3.56. The highest BCUT2D eigenvalue weighted by Crippen LogP contribution is 2.34. The van der Waals surface area contributed by atoms with Gasteiger partial charge in [0, 0.05) is 35.3 Å². The lowest BCUT2D eigenvalue weighted by Gasteiger charge is -2.27. The van der Waals surface area contributed by atoms with Gasteiger partial charge in [0.25, 0.3) is 0 Å². The van der Waals surface area contributed by atoms with Crippen LogP contribution in [0.25, 0.3) is 0 Å². The smallest absolute Gasteiger partial charge is 0.0606 e. The van der Waals surface area contributed by atoms with E-state index >= 15 is 0 Å². The van der Waals surface area contributed by atoms with Gasteiger partial charge in [-0.3, -0.25) is 0 Å². The first-order valence-electron chi connectivity index (χ1n) is 7.01. The summed E-state index contributed by atoms with van der Waals surface area (Å²) in [5.41, 5.74) is 2.55. The number of benzene rings is 1. The summed E-state index contributed by atoms with van der Waals surface area (Å²) in [7, 11) is 0. The maximum absolute atomic E-state index is 9.28. The van der Waals surface area contributed by atoms with Gasteiger partial charge in [0.15, 0.2) is 0 Å². The fraction of sp³-hybridized carbons (Fsp3) is 0.600. The second-order valence-corrected chi connectivity index (χ2v) is 6.37. The molecule has 1 aromatic rings. The van der Waals surface area contributed by atoms with Crippen molar-refractivity contribution in [3.63, 3.8) is 0 Å². The van der Waals surface area contributed by atoms with Crippen molar-refractivity contribution in [1.29, 1.82) is 0 Å². The van der Waals surface area contributed by atoms with Crippen LogP contribution in [0.1, 0.15) is 32.3 Å². The third-order valence-corrected chi connectivity index (χ3v) is 3.88. The Morgan fingerprint density at radius 1 is 1.42 bits per heavy atom. The van der Waals surface area contributed by atoms with Crippen molar-refractivity contribution in [2.45, 2.75) is 45.3 Å². The van der Waals surface area contributed by atoms with E-state index in [4.69, 9.17) is 0 Å². The minimum atomic E-state index is 0.208. The van der Waals surface area contributed by atoms with Crippen LogP contribution in [0.4, 0.5) is 5.69 Å². The average molecular weight is 327 g/mol. The summed E-state index contributed by atoms with van der Waals surface area (Å²) in [6.07, 6.45) is 2.48. The van der Waals surface area contributed by atoms with Gasteiger partial charge in [0.2, 0.25) is 0 Å². The standard InChI is InChI=1S/C15H23BrN2O/c1-11(2)17-10-12-3-4-13(16)9-15(12)18(7-8-19)14-5-6-14/h3-4,9,11,14,17,19H,5-8,10H2,1-2H3. The predicted molar refractivity (Wildman–Crippen MR) is 83.6 cm³/mol. The normalized spacial score (nSPS) is 15.0. The quantitative estimate of drug-likeness (QED) is 0.808. The Kier molecular flexibility index (Phi) is 5.25. The van der Waals surface area contributed by atoms with Crippen molar-refractivity contribution in [2.24, 2.45) is 0 Å². The zero-order chi connectivity index (χ0) is 13.8. The van der Waals surface area contributed by atoms with Gasteiger partial charge >= 0.3 is 0 Å². The molecule has 1 fully saturated rings. The van der Waals surface area contributed by atoms with Crippen LogP contribution in [0.5, 0.6) is 0 Å². The molecule has 3 nitrogen and oxygen atoms in total. The van der Waals surface area contributed by atoms with Gasteiger partial charge in [-0.1, -0.05) is 35.8 Å². The summed E-state index contributed by atoms with van der Waals surface area (Å²) in [4.78, 5) is 2.35. The molecule has 2 rings (SSSR count). The van der Waals surface area contributed by atoms with Gasteiger partial charge in [-0.2, -0.15) is 0 Å². The summed E-state index contributed by atoms with van der Waals surface area (Å²) in [5.74, 6) is 0. The number of anilines is 1. The molecule has 0 bridgehead atoms. The highest BCUT2D eigenvalue weighted by atomic mass is 79.9. The second-order valence-electron chi connectivity index (χ2n) is 5.46. The Labute approximate surface area is 124 Å². The molecule has 1 aliphatic rings. The minimum Gasteiger partial charge on any atom is -0.395 e.